The second kappa shape index (κ2) is 8.00. The van der Waals surface area contributed by atoms with E-state index in [0.29, 0.717) is 16.8 Å². The van der Waals surface area contributed by atoms with Crippen LogP contribution in [-0.2, 0) is 20.9 Å². The topological polar surface area (TPSA) is 165 Å². The molecule has 1 aromatic carbocycles. The third-order valence-corrected chi connectivity index (χ3v) is 5.74. The van der Waals surface area contributed by atoms with E-state index in [1.165, 1.54) is 15.8 Å². The molecule has 0 radical (unpaired) electrons. The molecule has 0 saturated carbocycles. The number of aromatic nitrogens is 3. The molecule has 2 saturated heterocycles. The van der Waals surface area contributed by atoms with Crippen LogP contribution < -0.4 is 16.0 Å². The predicted octanol–water partition coefficient (Wildman–Crippen LogP) is -1.13. The molecule has 4 heterocycles. The number of amides is 5. The number of carbonyl (C=O) groups excluding carboxylic acids is 5. The third-order valence-electron chi connectivity index (χ3n) is 5.74. The molecular formula is C20H19N7O6. The fraction of sp³-hybridized carbons (Fsp3) is 0.350. The summed E-state index contributed by atoms with van der Waals surface area (Å²) in [5.74, 6) is -1.53. The summed E-state index contributed by atoms with van der Waals surface area (Å²) in [6.45, 7) is 0.593. The van der Waals surface area contributed by atoms with Crippen molar-refractivity contribution < 1.29 is 28.7 Å². The number of hydrogen-bond acceptors (Lipinski definition) is 8. The van der Waals surface area contributed by atoms with Gasteiger partial charge < -0.3 is 20.3 Å². The molecule has 13 heteroatoms. The van der Waals surface area contributed by atoms with Crippen molar-refractivity contribution >= 4 is 29.7 Å². The Morgan fingerprint density at radius 2 is 2.09 bits per heavy atom. The van der Waals surface area contributed by atoms with Gasteiger partial charge in [0.05, 0.1) is 17.9 Å². The lowest BCUT2D eigenvalue weighted by atomic mass is 10.0. The summed E-state index contributed by atoms with van der Waals surface area (Å²) in [7, 11) is 0. The second-order valence-corrected chi connectivity index (χ2v) is 7.94. The lowest BCUT2D eigenvalue weighted by Crippen LogP contribution is -2.52. The van der Waals surface area contributed by atoms with Gasteiger partial charge in [-0.05, 0) is 30.2 Å². The summed E-state index contributed by atoms with van der Waals surface area (Å²) in [5.41, 5.74) is 1.86. The first-order chi connectivity index (χ1) is 15.9. The summed E-state index contributed by atoms with van der Waals surface area (Å²) >= 11 is 0. The third kappa shape index (κ3) is 3.88. The monoisotopic (exact) mass is 453 g/mol. The molecule has 3 aliphatic rings. The molecule has 5 amide bonds. The minimum atomic E-state index is -0.692. The van der Waals surface area contributed by atoms with E-state index >= 15 is 0 Å². The lowest BCUT2D eigenvalue weighted by Gasteiger charge is -2.29. The quantitative estimate of drug-likeness (QED) is 0.478. The van der Waals surface area contributed by atoms with Crippen molar-refractivity contribution in [1.82, 2.24) is 35.8 Å². The SMILES string of the molecule is O=C1CCC(N2Cc3cc(-n4cc(C(=O)NCC5COC(=O)N5)nn4)ccc3C2=O)C(=O)N1. The number of imide groups is 1. The van der Waals surface area contributed by atoms with Crippen LogP contribution in [0.1, 0.15) is 39.3 Å². The van der Waals surface area contributed by atoms with Gasteiger partial charge in [-0.1, -0.05) is 5.21 Å². The van der Waals surface area contributed by atoms with Crippen LogP contribution in [0.25, 0.3) is 5.69 Å². The van der Waals surface area contributed by atoms with Crippen LogP contribution in [-0.4, -0.2) is 74.9 Å². The van der Waals surface area contributed by atoms with Crippen molar-refractivity contribution in [3.8, 4) is 5.69 Å². The molecule has 0 spiro atoms. The number of cyclic esters (lactones) is 1. The van der Waals surface area contributed by atoms with Gasteiger partial charge >= 0.3 is 6.09 Å². The Kier molecular flexibility index (Phi) is 4.99. The van der Waals surface area contributed by atoms with Gasteiger partial charge in [0.25, 0.3) is 11.8 Å². The Labute approximate surface area is 186 Å². The van der Waals surface area contributed by atoms with Crippen LogP contribution in [0.4, 0.5) is 4.79 Å². The van der Waals surface area contributed by atoms with E-state index in [2.05, 4.69) is 26.3 Å². The molecule has 2 atom stereocenters. The maximum Gasteiger partial charge on any atom is 0.407 e. The number of hydrogen-bond donors (Lipinski definition) is 3. The van der Waals surface area contributed by atoms with Crippen LogP contribution in [0.15, 0.2) is 24.4 Å². The summed E-state index contributed by atoms with van der Waals surface area (Å²) in [5, 5.41) is 15.4. The Hall–Kier alpha value is -4.29. The Balaban J connectivity index is 1.27. The largest absolute Gasteiger partial charge is 0.447 e. The number of rotatable bonds is 5. The predicted molar refractivity (Wildman–Crippen MR) is 108 cm³/mol. The van der Waals surface area contributed by atoms with Crippen LogP contribution in [0.2, 0.25) is 0 Å². The number of nitrogens with zero attached hydrogens (tertiary/aromatic N) is 4. The van der Waals surface area contributed by atoms with Crippen LogP contribution in [0.5, 0.6) is 0 Å². The molecule has 13 nitrogen and oxygen atoms in total. The van der Waals surface area contributed by atoms with Crippen molar-refractivity contribution in [2.75, 3.05) is 13.2 Å². The molecule has 33 heavy (non-hydrogen) atoms. The Bertz CT molecular complexity index is 1190. The summed E-state index contributed by atoms with van der Waals surface area (Å²) in [6.07, 6.45) is 1.41. The van der Waals surface area contributed by atoms with E-state index in [9.17, 15) is 24.0 Å². The Morgan fingerprint density at radius 1 is 1.24 bits per heavy atom. The van der Waals surface area contributed by atoms with Crippen molar-refractivity contribution in [3.63, 3.8) is 0 Å². The highest BCUT2D eigenvalue weighted by molar-refractivity contribution is 6.05. The first-order valence-electron chi connectivity index (χ1n) is 10.3. The number of ether oxygens (including phenoxy) is 1. The molecular weight excluding hydrogens is 434 g/mol. The van der Waals surface area contributed by atoms with Gasteiger partial charge in [-0.15, -0.1) is 5.10 Å². The zero-order valence-corrected chi connectivity index (χ0v) is 17.2. The standard InChI is InChI=1S/C20H19N7O6/c28-16-4-3-15(18(30)23-16)26-7-10-5-12(1-2-13(10)19(26)31)27-8-14(24-25-27)17(29)21-6-11-9-33-20(32)22-11/h1-2,5,8,11,15H,3-4,6-7,9H2,(H,21,29)(H,22,32)(H,23,28,30). The fourth-order valence-corrected chi connectivity index (χ4v) is 4.04. The molecule has 170 valence electrons. The number of fused-ring (bicyclic) bond motifs is 1. The highest BCUT2D eigenvalue weighted by Crippen LogP contribution is 2.29. The van der Waals surface area contributed by atoms with Crippen molar-refractivity contribution in [2.24, 2.45) is 0 Å². The van der Waals surface area contributed by atoms with Gasteiger partial charge in [0.15, 0.2) is 5.69 Å². The van der Waals surface area contributed by atoms with Crippen molar-refractivity contribution in [1.29, 1.82) is 0 Å². The van der Waals surface area contributed by atoms with Gasteiger partial charge in [-0.25, -0.2) is 9.48 Å². The summed E-state index contributed by atoms with van der Waals surface area (Å²) < 4.78 is 6.18. The molecule has 0 aliphatic carbocycles. The van der Waals surface area contributed by atoms with Gasteiger partial charge in [0.1, 0.15) is 12.6 Å². The number of nitrogens with one attached hydrogen (secondary N) is 3. The van der Waals surface area contributed by atoms with Gasteiger partial charge in [-0.3, -0.25) is 24.5 Å². The maximum absolute atomic E-state index is 12.8. The van der Waals surface area contributed by atoms with E-state index < -0.39 is 23.9 Å². The second-order valence-electron chi connectivity index (χ2n) is 7.94. The van der Waals surface area contributed by atoms with Crippen LogP contribution in [0, 0.1) is 0 Å². The smallest absolute Gasteiger partial charge is 0.407 e. The average molecular weight is 453 g/mol. The molecule has 3 aliphatic heterocycles. The molecule has 2 aromatic rings. The highest BCUT2D eigenvalue weighted by atomic mass is 16.6. The normalized spacial score (nSPS) is 22.0. The van der Waals surface area contributed by atoms with E-state index in [4.69, 9.17) is 4.74 Å². The van der Waals surface area contributed by atoms with Crippen molar-refractivity contribution in [3.05, 3.63) is 41.2 Å². The zero-order chi connectivity index (χ0) is 23.1. The molecule has 3 N–H and O–H groups in total. The van der Waals surface area contributed by atoms with Crippen LogP contribution >= 0.6 is 0 Å². The minimum absolute atomic E-state index is 0.0852. The number of piperidine rings is 1. The minimum Gasteiger partial charge on any atom is -0.447 e. The maximum atomic E-state index is 12.8. The Morgan fingerprint density at radius 3 is 2.85 bits per heavy atom. The molecule has 2 unspecified atom stereocenters. The van der Waals surface area contributed by atoms with E-state index in [0.717, 1.165) is 0 Å². The first-order valence-corrected chi connectivity index (χ1v) is 10.3. The molecule has 5 rings (SSSR count). The first kappa shape index (κ1) is 20.6. The lowest BCUT2D eigenvalue weighted by molar-refractivity contribution is -0.136. The summed E-state index contributed by atoms with van der Waals surface area (Å²) in [6, 6.07) is 4.07. The summed E-state index contributed by atoms with van der Waals surface area (Å²) in [4.78, 5) is 61.2. The van der Waals surface area contributed by atoms with Crippen LogP contribution in [0.3, 0.4) is 0 Å². The van der Waals surface area contributed by atoms with Crippen molar-refractivity contribution in [2.45, 2.75) is 31.5 Å². The molecule has 1 aromatic heterocycles. The number of benzene rings is 1. The van der Waals surface area contributed by atoms with Gasteiger partial charge in [0, 0.05) is 25.1 Å². The van der Waals surface area contributed by atoms with E-state index in [-0.39, 0.29) is 56.1 Å². The fourth-order valence-electron chi connectivity index (χ4n) is 4.04. The van der Waals surface area contributed by atoms with Gasteiger partial charge in [0.2, 0.25) is 11.8 Å². The highest BCUT2D eigenvalue weighted by Gasteiger charge is 2.39. The molecule has 0 bridgehead atoms. The number of carbonyl (C=O) groups is 5. The average Bonchev–Trinajstić information content (AvgIpc) is 3.51. The van der Waals surface area contributed by atoms with E-state index in [1.807, 2.05) is 0 Å². The number of alkyl carbamates (subject to hydrolysis) is 1. The van der Waals surface area contributed by atoms with Gasteiger partial charge in [-0.2, -0.15) is 0 Å². The molecule has 2 fully saturated rings. The van der Waals surface area contributed by atoms with E-state index in [1.54, 1.807) is 18.2 Å². The zero-order valence-electron chi connectivity index (χ0n) is 17.2.